The standard InChI is InChI=1S/C24H30N2O5/c1-30-23(28)21(17-19-11-5-2-6-12-19)26-22(27)15-9-4-10-16-25-24(29)31-18-20-13-7-3-8-14-20/h2-3,5-8,11-14,21H,4,9-10,15-18H2,1H3,(H,25,29)(H,26,27)/t21-/m1/s1. The summed E-state index contributed by atoms with van der Waals surface area (Å²) >= 11 is 0. The van der Waals surface area contributed by atoms with Gasteiger partial charge in [-0.05, 0) is 24.0 Å². The molecule has 0 aliphatic carbocycles. The van der Waals surface area contributed by atoms with E-state index in [9.17, 15) is 14.4 Å². The maximum atomic E-state index is 12.2. The van der Waals surface area contributed by atoms with Gasteiger partial charge in [0.15, 0.2) is 0 Å². The topological polar surface area (TPSA) is 93.7 Å². The lowest BCUT2D eigenvalue weighted by Gasteiger charge is -2.16. The van der Waals surface area contributed by atoms with E-state index in [-0.39, 0.29) is 12.5 Å². The smallest absolute Gasteiger partial charge is 0.407 e. The van der Waals surface area contributed by atoms with Gasteiger partial charge in [0.2, 0.25) is 5.91 Å². The molecule has 0 aromatic heterocycles. The molecule has 0 saturated carbocycles. The summed E-state index contributed by atoms with van der Waals surface area (Å²) in [6.45, 7) is 0.714. The van der Waals surface area contributed by atoms with E-state index in [4.69, 9.17) is 9.47 Å². The van der Waals surface area contributed by atoms with E-state index in [2.05, 4.69) is 10.6 Å². The van der Waals surface area contributed by atoms with Gasteiger partial charge < -0.3 is 20.1 Å². The molecule has 31 heavy (non-hydrogen) atoms. The average Bonchev–Trinajstić information content (AvgIpc) is 2.80. The highest BCUT2D eigenvalue weighted by molar-refractivity contribution is 5.84. The van der Waals surface area contributed by atoms with E-state index in [0.29, 0.717) is 25.8 Å². The number of unbranched alkanes of at least 4 members (excludes halogenated alkanes) is 2. The number of ether oxygens (including phenoxy) is 2. The summed E-state index contributed by atoms with van der Waals surface area (Å²) in [4.78, 5) is 35.9. The second-order valence-corrected chi connectivity index (χ2v) is 7.13. The number of rotatable bonds is 12. The Bertz CT molecular complexity index is 811. The molecule has 0 fully saturated rings. The first-order valence-electron chi connectivity index (χ1n) is 10.4. The molecule has 2 rings (SSSR count). The Morgan fingerprint density at radius 2 is 1.52 bits per heavy atom. The van der Waals surface area contributed by atoms with Crippen LogP contribution in [0, 0.1) is 0 Å². The Kier molecular flexibility index (Phi) is 10.6. The summed E-state index contributed by atoms with van der Waals surface area (Å²) < 4.78 is 9.95. The van der Waals surface area contributed by atoms with Gasteiger partial charge in [0, 0.05) is 19.4 Å². The Hall–Kier alpha value is -3.35. The van der Waals surface area contributed by atoms with Crippen molar-refractivity contribution in [2.45, 2.75) is 44.8 Å². The minimum atomic E-state index is -0.707. The van der Waals surface area contributed by atoms with Crippen LogP contribution in [0.5, 0.6) is 0 Å². The molecule has 2 amide bonds. The highest BCUT2D eigenvalue weighted by atomic mass is 16.5. The van der Waals surface area contributed by atoms with Crippen LogP contribution < -0.4 is 10.6 Å². The van der Waals surface area contributed by atoms with Crippen molar-refractivity contribution in [3.63, 3.8) is 0 Å². The van der Waals surface area contributed by atoms with Crippen LogP contribution in [0.2, 0.25) is 0 Å². The van der Waals surface area contributed by atoms with Gasteiger partial charge in [-0.2, -0.15) is 0 Å². The fourth-order valence-corrected chi connectivity index (χ4v) is 3.00. The second kappa shape index (κ2) is 13.8. The summed E-state index contributed by atoms with van der Waals surface area (Å²) in [5.74, 6) is -0.656. The van der Waals surface area contributed by atoms with Crippen molar-refractivity contribution in [3.05, 3.63) is 71.8 Å². The first kappa shape index (κ1) is 23.9. The van der Waals surface area contributed by atoms with Crippen molar-refractivity contribution in [1.82, 2.24) is 10.6 Å². The number of carbonyl (C=O) groups excluding carboxylic acids is 3. The molecule has 7 nitrogen and oxygen atoms in total. The molecule has 0 saturated heterocycles. The van der Waals surface area contributed by atoms with Crippen LogP contribution in [0.3, 0.4) is 0 Å². The third kappa shape index (κ3) is 9.80. The Balaban J connectivity index is 1.58. The maximum absolute atomic E-state index is 12.2. The van der Waals surface area contributed by atoms with Crippen LogP contribution in [0.15, 0.2) is 60.7 Å². The minimum absolute atomic E-state index is 0.193. The van der Waals surface area contributed by atoms with Crippen LogP contribution in [-0.4, -0.2) is 37.7 Å². The van der Waals surface area contributed by atoms with Gasteiger partial charge >= 0.3 is 12.1 Å². The largest absolute Gasteiger partial charge is 0.467 e. The Morgan fingerprint density at radius 3 is 2.16 bits per heavy atom. The number of hydrogen-bond acceptors (Lipinski definition) is 5. The van der Waals surface area contributed by atoms with Gasteiger partial charge in [-0.25, -0.2) is 9.59 Å². The molecule has 7 heteroatoms. The Morgan fingerprint density at radius 1 is 0.871 bits per heavy atom. The first-order valence-corrected chi connectivity index (χ1v) is 10.4. The van der Waals surface area contributed by atoms with Gasteiger partial charge in [0.05, 0.1) is 7.11 Å². The molecule has 0 spiro atoms. The fraction of sp³-hybridized carbons (Fsp3) is 0.375. The van der Waals surface area contributed by atoms with Gasteiger partial charge in [-0.15, -0.1) is 0 Å². The SMILES string of the molecule is COC(=O)[C@@H](Cc1ccccc1)NC(=O)CCCCCNC(=O)OCc1ccccc1. The molecular formula is C24H30N2O5. The van der Waals surface area contributed by atoms with Crippen LogP contribution in [0.1, 0.15) is 36.8 Å². The minimum Gasteiger partial charge on any atom is -0.467 e. The van der Waals surface area contributed by atoms with Gasteiger partial charge in [-0.3, -0.25) is 4.79 Å². The molecule has 2 aromatic carbocycles. The number of amides is 2. The van der Waals surface area contributed by atoms with E-state index in [1.165, 1.54) is 7.11 Å². The first-order chi connectivity index (χ1) is 15.1. The normalized spacial score (nSPS) is 11.3. The van der Waals surface area contributed by atoms with Crippen LogP contribution in [0.4, 0.5) is 4.79 Å². The third-order valence-corrected chi connectivity index (χ3v) is 4.67. The molecule has 2 N–H and O–H groups in total. The zero-order chi connectivity index (χ0) is 22.3. The number of methoxy groups -OCH3 is 1. The zero-order valence-corrected chi connectivity index (χ0v) is 17.8. The zero-order valence-electron chi connectivity index (χ0n) is 17.8. The van der Waals surface area contributed by atoms with E-state index >= 15 is 0 Å². The maximum Gasteiger partial charge on any atom is 0.407 e. The monoisotopic (exact) mass is 426 g/mol. The molecule has 1 atom stereocenters. The molecule has 0 radical (unpaired) electrons. The summed E-state index contributed by atoms with van der Waals surface area (Å²) in [5.41, 5.74) is 1.88. The van der Waals surface area contributed by atoms with E-state index in [1.807, 2.05) is 60.7 Å². The van der Waals surface area contributed by atoms with Crippen LogP contribution in [-0.2, 0) is 32.1 Å². The van der Waals surface area contributed by atoms with Gasteiger partial charge in [0.1, 0.15) is 12.6 Å². The molecule has 0 heterocycles. The van der Waals surface area contributed by atoms with Crippen molar-refractivity contribution in [2.75, 3.05) is 13.7 Å². The Labute approximate surface area is 183 Å². The lowest BCUT2D eigenvalue weighted by Crippen LogP contribution is -2.43. The van der Waals surface area contributed by atoms with E-state index < -0.39 is 18.1 Å². The van der Waals surface area contributed by atoms with Crippen LogP contribution >= 0.6 is 0 Å². The summed E-state index contributed by atoms with van der Waals surface area (Å²) in [6, 6.07) is 18.2. The van der Waals surface area contributed by atoms with Gasteiger partial charge in [0.25, 0.3) is 0 Å². The average molecular weight is 427 g/mol. The summed E-state index contributed by atoms with van der Waals surface area (Å²) in [5, 5.41) is 5.45. The van der Waals surface area contributed by atoms with Crippen molar-refractivity contribution in [3.8, 4) is 0 Å². The number of benzene rings is 2. The summed E-state index contributed by atoms with van der Waals surface area (Å²) in [6.07, 6.45) is 2.40. The fourth-order valence-electron chi connectivity index (χ4n) is 3.00. The van der Waals surface area contributed by atoms with E-state index in [1.54, 1.807) is 0 Å². The predicted molar refractivity (Wildman–Crippen MR) is 117 cm³/mol. The number of nitrogens with one attached hydrogen (secondary N) is 2. The second-order valence-electron chi connectivity index (χ2n) is 7.13. The lowest BCUT2D eigenvalue weighted by atomic mass is 10.1. The highest BCUT2D eigenvalue weighted by Crippen LogP contribution is 2.06. The summed E-state index contributed by atoms with van der Waals surface area (Å²) in [7, 11) is 1.31. The van der Waals surface area contributed by atoms with Crippen molar-refractivity contribution < 1.29 is 23.9 Å². The molecule has 2 aromatic rings. The van der Waals surface area contributed by atoms with Gasteiger partial charge in [-0.1, -0.05) is 67.1 Å². The number of alkyl carbamates (subject to hydrolysis) is 1. The quantitative estimate of drug-likeness (QED) is 0.401. The number of carbonyl (C=O) groups is 3. The molecule has 0 bridgehead atoms. The molecule has 0 unspecified atom stereocenters. The van der Waals surface area contributed by atoms with Crippen molar-refractivity contribution in [1.29, 1.82) is 0 Å². The third-order valence-electron chi connectivity index (χ3n) is 4.67. The molecule has 0 aliphatic heterocycles. The number of hydrogen-bond donors (Lipinski definition) is 2. The molecule has 166 valence electrons. The highest BCUT2D eigenvalue weighted by Gasteiger charge is 2.21. The lowest BCUT2D eigenvalue weighted by molar-refractivity contribution is -0.145. The van der Waals surface area contributed by atoms with Crippen molar-refractivity contribution >= 4 is 18.0 Å². The molecular weight excluding hydrogens is 396 g/mol. The van der Waals surface area contributed by atoms with Crippen molar-refractivity contribution in [2.24, 2.45) is 0 Å². The number of esters is 1. The van der Waals surface area contributed by atoms with E-state index in [0.717, 1.165) is 24.0 Å². The molecule has 0 aliphatic rings. The predicted octanol–water partition coefficient (Wildman–Crippen LogP) is 3.37. The van der Waals surface area contributed by atoms with Crippen LogP contribution in [0.25, 0.3) is 0 Å².